The molecule has 0 atom stereocenters. The predicted molar refractivity (Wildman–Crippen MR) is 66.0 cm³/mol. The molecule has 2 rings (SSSR count). The molecular formula is C14H17NO. The van der Waals surface area contributed by atoms with Crippen LogP contribution in [0.3, 0.4) is 0 Å². The molecule has 1 aliphatic rings. The zero-order chi connectivity index (χ0) is 11.4. The Morgan fingerprint density at radius 3 is 2.62 bits per heavy atom. The van der Waals surface area contributed by atoms with Crippen LogP contribution in [0.5, 0.6) is 0 Å². The van der Waals surface area contributed by atoms with Gasteiger partial charge in [-0.15, -0.1) is 0 Å². The molecule has 0 bridgehead atoms. The maximum atomic E-state index is 11.4. The number of aryl methyl sites for hydroxylation is 1. The molecule has 1 aromatic rings. The van der Waals surface area contributed by atoms with Gasteiger partial charge in [0.1, 0.15) is 0 Å². The largest absolute Gasteiger partial charge is 0.350 e. The van der Waals surface area contributed by atoms with E-state index in [0.29, 0.717) is 6.04 Å². The van der Waals surface area contributed by atoms with Crippen molar-refractivity contribution in [2.75, 3.05) is 0 Å². The van der Waals surface area contributed by atoms with Gasteiger partial charge in [-0.05, 0) is 36.5 Å². The van der Waals surface area contributed by atoms with E-state index in [1.165, 1.54) is 5.56 Å². The van der Waals surface area contributed by atoms with Crippen LogP contribution in [-0.4, -0.2) is 11.9 Å². The van der Waals surface area contributed by atoms with Crippen LogP contribution >= 0.6 is 0 Å². The number of carbonyl (C=O) groups is 1. The van der Waals surface area contributed by atoms with Crippen molar-refractivity contribution in [3.05, 3.63) is 41.5 Å². The number of benzene rings is 1. The fourth-order valence-electron chi connectivity index (χ4n) is 1.51. The van der Waals surface area contributed by atoms with Crippen LogP contribution in [0.25, 0.3) is 6.08 Å². The van der Waals surface area contributed by atoms with Crippen LogP contribution in [0, 0.1) is 0 Å². The first-order chi connectivity index (χ1) is 7.78. The molecule has 84 valence electrons. The maximum absolute atomic E-state index is 11.4. The Morgan fingerprint density at radius 2 is 2.06 bits per heavy atom. The minimum atomic E-state index is 0.0158. The number of hydrogen-bond acceptors (Lipinski definition) is 1. The lowest BCUT2D eigenvalue weighted by atomic mass is 10.1. The fourth-order valence-corrected chi connectivity index (χ4v) is 1.51. The van der Waals surface area contributed by atoms with Crippen LogP contribution in [0.15, 0.2) is 30.3 Å². The topological polar surface area (TPSA) is 29.1 Å². The van der Waals surface area contributed by atoms with Gasteiger partial charge in [-0.25, -0.2) is 0 Å². The molecule has 0 aromatic heterocycles. The molecule has 2 nitrogen and oxygen atoms in total. The third-order valence-corrected chi connectivity index (χ3v) is 2.74. The average molecular weight is 215 g/mol. The third-order valence-electron chi connectivity index (χ3n) is 2.74. The van der Waals surface area contributed by atoms with Gasteiger partial charge in [0.15, 0.2) is 0 Å². The van der Waals surface area contributed by atoms with E-state index < -0.39 is 0 Å². The lowest BCUT2D eigenvalue weighted by molar-refractivity contribution is -0.116. The van der Waals surface area contributed by atoms with Gasteiger partial charge in [-0.3, -0.25) is 4.79 Å². The van der Waals surface area contributed by atoms with Crippen LogP contribution in [0.2, 0.25) is 0 Å². The van der Waals surface area contributed by atoms with Crippen molar-refractivity contribution in [3.63, 3.8) is 0 Å². The van der Waals surface area contributed by atoms with Crippen molar-refractivity contribution in [1.82, 2.24) is 5.32 Å². The van der Waals surface area contributed by atoms with Gasteiger partial charge in [0.05, 0.1) is 0 Å². The number of hydrogen-bond donors (Lipinski definition) is 1. The van der Waals surface area contributed by atoms with Gasteiger partial charge in [0.25, 0.3) is 0 Å². The number of rotatable bonds is 4. The molecule has 2 heteroatoms. The molecular weight excluding hydrogens is 198 g/mol. The number of nitrogens with one attached hydrogen (secondary N) is 1. The van der Waals surface area contributed by atoms with Gasteiger partial charge in [0.2, 0.25) is 5.91 Å². The summed E-state index contributed by atoms with van der Waals surface area (Å²) in [4.78, 5) is 11.4. The fraction of sp³-hybridized carbons (Fsp3) is 0.357. The Labute approximate surface area is 96.4 Å². The third kappa shape index (κ3) is 3.23. The Bertz CT molecular complexity index is 388. The van der Waals surface area contributed by atoms with Crippen molar-refractivity contribution in [3.8, 4) is 0 Å². The Hall–Kier alpha value is -1.57. The molecule has 1 saturated carbocycles. The Balaban J connectivity index is 1.91. The van der Waals surface area contributed by atoms with E-state index in [1.54, 1.807) is 6.08 Å². The average Bonchev–Trinajstić information content (AvgIpc) is 3.11. The summed E-state index contributed by atoms with van der Waals surface area (Å²) in [6.45, 7) is 2.13. The van der Waals surface area contributed by atoms with Crippen molar-refractivity contribution < 1.29 is 4.79 Å². The molecule has 0 radical (unpaired) electrons. The zero-order valence-electron chi connectivity index (χ0n) is 9.57. The molecule has 1 N–H and O–H groups in total. The van der Waals surface area contributed by atoms with E-state index in [1.807, 2.05) is 18.2 Å². The molecule has 1 fully saturated rings. The quantitative estimate of drug-likeness (QED) is 0.768. The summed E-state index contributed by atoms with van der Waals surface area (Å²) in [6, 6.07) is 8.70. The number of carbonyl (C=O) groups excluding carboxylic acids is 1. The minimum Gasteiger partial charge on any atom is -0.350 e. The lowest BCUT2D eigenvalue weighted by Crippen LogP contribution is -2.22. The highest BCUT2D eigenvalue weighted by atomic mass is 16.1. The van der Waals surface area contributed by atoms with Gasteiger partial charge >= 0.3 is 0 Å². The molecule has 1 amide bonds. The highest BCUT2D eigenvalue weighted by molar-refractivity contribution is 5.92. The standard InChI is InChI=1S/C14H17NO/c1-2-11-3-5-12(6-4-11)7-10-14(16)15-13-8-9-13/h3-7,10,13H,2,8-9H2,1H3,(H,15,16). The van der Waals surface area contributed by atoms with Crippen LogP contribution in [0.1, 0.15) is 30.9 Å². The predicted octanol–water partition coefficient (Wildman–Crippen LogP) is 2.54. The summed E-state index contributed by atoms with van der Waals surface area (Å²) in [5.74, 6) is 0.0158. The van der Waals surface area contributed by atoms with Gasteiger partial charge < -0.3 is 5.32 Å². The number of amides is 1. The normalized spacial score (nSPS) is 15.3. The van der Waals surface area contributed by atoms with Gasteiger partial charge in [-0.1, -0.05) is 31.2 Å². The van der Waals surface area contributed by atoms with E-state index >= 15 is 0 Å². The summed E-state index contributed by atoms with van der Waals surface area (Å²) in [5, 5.41) is 2.92. The molecule has 0 saturated heterocycles. The van der Waals surface area contributed by atoms with Gasteiger partial charge in [0, 0.05) is 12.1 Å². The van der Waals surface area contributed by atoms with Crippen molar-refractivity contribution >= 4 is 12.0 Å². The zero-order valence-corrected chi connectivity index (χ0v) is 9.57. The van der Waals surface area contributed by atoms with Crippen LogP contribution in [0.4, 0.5) is 0 Å². The van der Waals surface area contributed by atoms with E-state index in [9.17, 15) is 4.79 Å². The van der Waals surface area contributed by atoms with Crippen molar-refractivity contribution in [2.45, 2.75) is 32.2 Å². The van der Waals surface area contributed by atoms with E-state index in [0.717, 1.165) is 24.8 Å². The molecule has 0 heterocycles. The summed E-state index contributed by atoms with van der Waals surface area (Å²) < 4.78 is 0. The maximum Gasteiger partial charge on any atom is 0.244 e. The molecule has 1 aromatic carbocycles. The van der Waals surface area contributed by atoms with E-state index in [4.69, 9.17) is 0 Å². The first kappa shape index (κ1) is 10.9. The van der Waals surface area contributed by atoms with Crippen molar-refractivity contribution in [1.29, 1.82) is 0 Å². The van der Waals surface area contributed by atoms with E-state index in [-0.39, 0.29) is 5.91 Å². The summed E-state index contributed by atoms with van der Waals surface area (Å²) in [5.41, 5.74) is 2.39. The van der Waals surface area contributed by atoms with Crippen molar-refractivity contribution in [2.24, 2.45) is 0 Å². The highest BCUT2D eigenvalue weighted by Crippen LogP contribution is 2.18. The monoisotopic (exact) mass is 215 g/mol. The lowest BCUT2D eigenvalue weighted by Gasteiger charge is -1.98. The second-order valence-corrected chi connectivity index (χ2v) is 4.21. The highest BCUT2D eigenvalue weighted by Gasteiger charge is 2.21. The van der Waals surface area contributed by atoms with Crippen LogP contribution in [-0.2, 0) is 11.2 Å². The first-order valence-electron chi connectivity index (χ1n) is 5.85. The van der Waals surface area contributed by atoms with Crippen LogP contribution < -0.4 is 5.32 Å². The second kappa shape index (κ2) is 4.97. The minimum absolute atomic E-state index is 0.0158. The second-order valence-electron chi connectivity index (χ2n) is 4.21. The molecule has 0 spiro atoms. The summed E-state index contributed by atoms with van der Waals surface area (Å²) in [6.07, 6.45) is 6.78. The molecule has 1 aliphatic carbocycles. The molecule has 0 unspecified atom stereocenters. The first-order valence-corrected chi connectivity index (χ1v) is 5.85. The SMILES string of the molecule is CCc1ccc(C=CC(=O)NC2CC2)cc1. The Morgan fingerprint density at radius 1 is 1.38 bits per heavy atom. The summed E-state index contributed by atoms with van der Waals surface area (Å²) in [7, 11) is 0. The smallest absolute Gasteiger partial charge is 0.244 e. The van der Waals surface area contributed by atoms with E-state index in [2.05, 4.69) is 24.4 Å². The Kier molecular flexibility index (Phi) is 3.40. The molecule has 0 aliphatic heterocycles. The van der Waals surface area contributed by atoms with Gasteiger partial charge in [-0.2, -0.15) is 0 Å². The molecule has 16 heavy (non-hydrogen) atoms. The summed E-state index contributed by atoms with van der Waals surface area (Å²) >= 11 is 0.